The zero-order chi connectivity index (χ0) is 12.4. The summed E-state index contributed by atoms with van der Waals surface area (Å²) in [5.74, 6) is 0.0577. The molecule has 1 amide bonds. The molecule has 1 N–H and O–H groups in total. The van der Waals surface area contributed by atoms with Gasteiger partial charge in [0, 0.05) is 28.5 Å². The Morgan fingerprint density at radius 2 is 2.00 bits per heavy atom. The first-order chi connectivity index (χ1) is 8.15. The van der Waals surface area contributed by atoms with Crippen molar-refractivity contribution in [2.24, 2.45) is 0 Å². The van der Waals surface area contributed by atoms with Crippen LogP contribution in [0.1, 0.15) is 24.3 Å². The van der Waals surface area contributed by atoms with Crippen molar-refractivity contribution in [3.05, 3.63) is 34.4 Å². The predicted molar refractivity (Wildman–Crippen MR) is 73.3 cm³/mol. The molecular weight excluding hydrogens is 280 g/mol. The Bertz CT molecular complexity index is 543. The maximum Gasteiger partial charge on any atom is 0.270 e. The van der Waals surface area contributed by atoms with Gasteiger partial charge in [0.2, 0.25) is 0 Å². The number of rotatable bonds is 3. The molecular formula is C13H15BrN2O. The fraction of sp³-hybridized carbons (Fsp3) is 0.308. The van der Waals surface area contributed by atoms with Crippen molar-refractivity contribution in [2.45, 2.75) is 13.8 Å². The third-order valence-corrected chi connectivity index (χ3v) is 3.36. The Kier molecular flexibility index (Phi) is 3.52. The predicted octanol–water partition coefficient (Wildman–Crippen LogP) is 3.41. The second-order valence-corrected chi connectivity index (χ2v) is 4.81. The average molecular weight is 295 g/mol. The van der Waals surface area contributed by atoms with Crippen LogP contribution in [0, 0.1) is 0 Å². The Labute approximate surface area is 109 Å². The highest BCUT2D eigenvalue weighted by Gasteiger charge is 2.14. The van der Waals surface area contributed by atoms with Crippen LogP contribution in [0.3, 0.4) is 0 Å². The smallest absolute Gasteiger partial charge is 0.270 e. The lowest BCUT2D eigenvalue weighted by atomic mass is 10.2. The monoisotopic (exact) mass is 294 g/mol. The van der Waals surface area contributed by atoms with Crippen molar-refractivity contribution in [3.63, 3.8) is 0 Å². The first kappa shape index (κ1) is 12.2. The number of nitrogens with one attached hydrogen (secondary N) is 1. The topological polar surface area (TPSA) is 36.1 Å². The molecule has 0 radical (unpaired) electrons. The van der Waals surface area contributed by atoms with Gasteiger partial charge in [-0.05, 0) is 38.1 Å². The number of hydrogen-bond acceptors (Lipinski definition) is 1. The molecule has 0 aliphatic heterocycles. The lowest BCUT2D eigenvalue weighted by Crippen LogP contribution is -2.30. The number of benzene rings is 1. The van der Waals surface area contributed by atoms with Gasteiger partial charge in [-0.1, -0.05) is 15.9 Å². The SMILES string of the molecule is CCN(CC)C(=O)c1cc2cc(Br)ccc2[nH]1. The van der Waals surface area contributed by atoms with E-state index in [0.29, 0.717) is 5.69 Å². The fourth-order valence-electron chi connectivity index (χ4n) is 1.90. The fourth-order valence-corrected chi connectivity index (χ4v) is 2.28. The highest BCUT2D eigenvalue weighted by molar-refractivity contribution is 9.10. The molecule has 90 valence electrons. The second kappa shape index (κ2) is 4.92. The zero-order valence-electron chi connectivity index (χ0n) is 9.96. The van der Waals surface area contributed by atoms with Gasteiger partial charge in [-0.25, -0.2) is 0 Å². The largest absolute Gasteiger partial charge is 0.351 e. The number of aromatic nitrogens is 1. The number of H-pyrrole nitrogens is 1. The summed E-state index contributed by atoms with van der Waals surface area (Å²) in [5, 5.41) is 1.05. The van der Waals surface area contributed by atoms with Crippen LogP contribution >= 0.6 is 15.9 Å². The van der Waals surface area contributed by atoms with Crippen molar-refractivity contribution < 1.29 is 4.79 Å². The molecule has 0 spiro atoms. The number of aromatic amines is 1. The lowest BCUT2D eigenvalue weighted by molar-refractivity contribution is 0.0768. The molecule has 0 bridgehead atoms. The van der Waals surface area contributed by atoms with Crippen LogP contribution in [0.4, 0.5) is 0 Å². The number of carbonyl (C=O) groups is 1. The summed E-state index contributed by atoms with van der Waals surface area (Å²) < 4.78 is 1.02. The number of nitrogens with zero attached hydrogens (tertiary/aromatic N) is 1. The summed E-state index contributed by atoms with van der Waals surface area (Å²) in [6, 6.07) is 7.84. The van der Waals surface area contributed by atoms with E-state index in [2.05, 4.69) is 20.9 Å². The molecule has 0 aliphatic carbocycles. The molecule has 1 aromatic carbocycles. The van der Waals surface area contributed by atoms with E-state index in [1.807, 2.05) is 38.1 Å². The number of amides is 1. The molecule has 17 heavy (non-hydrogen) atoms. The summed E-state index contributed by atoms with van der Waals surface area (Å²) in [4.78, 5) is 17.1. The third-order valence-electron chi connectivity index (χ3n) is 2.86. The molecule has 0 aliphatic rings. The molecule has 0 fully saturated rings. The van der Waals surface area contributed by atoms with Gasteiger partial charge in [0.15, 0.2) is 0 Å². The first-order valence-electron chi connectivity index (χ1n) is 5.73. The van der Waals surface area contributed by atoms with Gasteiger partial charge in [0.1, 0.15) is 5.69 Å². The molecule has 4 heteroatoms. The molecule has 2 aromatic rings. The van der Waals surface area contributed by atoms with Crippen LogP contribution in [0.2, 0.25) is 0 Å². The van der Waals surface area contributed by atoms with E-state index >= 15 is 0 Å². The summed E-state index contributed by atoms with van der Waals surface area (Å²) in [7, 11) is 0. The van der Waals surface area contributed by atoms with E-state index in [0.717, 1.165) is 28.5 Å². The van der Waals surface area contributed by atoms with Crippen molar-refractivity contribution in [2.75, 3.05) is 13.1 Å². The van der Waals surface area contributed by atoms with Gasteiger partial charge in [-0.2, -0.15) is 0 Å². The van der Waals surface area contributed by atoms with E-state index in [4.69, 9.17) is 0 Å². The lowest BCUT2D eigenvalue weighted by Gasteiger charge is -2.17. The molecule has 0 atom stereocenters. The van der Waals surface area contributed by atoms with Gasteiger partial charge in [0.25, 0.3) is 5.91 Å². The molecule has 3 nitrogen and oxygen atoms in total. The maximum absolute atomic E-state index is 12.1. The average Bonchev–Trinajstić information content (AvgIpc) is 2.73. The van der Waals surface area contributed by atoms with Gasteiger partial charge in [-0.15, -0.1) is 0 Å². The number of hydrogen-bond donors (Lipinski definition) is 1. The molecule has 0 saturated heterocycles. The third kappa shape index (κ3) is 2.36. The van der Waals surface area contributed by atoms with Gasteiger partial charge in [-0.3, -0.25) is 4.79 Å². The van der Waals surface area contributed by atoms with Crippen LogP contribution in [0.25, 0.3) is 10.9 Å². The van der Waals surface area contributed by atoms with Gasteiger partial charge >= 0.3 is 0 Å². The Balaban J connectivity index is 2.39. The standard InChI is InChI=1S/C13H15BrN2O/c1-3-16(4-2)13(17)12-8-9-7-10(14)5-6-11(9)15-12/h5-8,15H,3-4H2,1-2H3. The number of halogens is 1. The first-order valence-corrected chi connectivity index (χ1v) is 6.52. The number of carbonyl (C=O) groups excluding carboxylic acids is 1. The molecule has 0 unspecified atom stereocenters. The van der Waals surface area contributed by atoms with Gasteiger partial charge < -0.3 is 9.88 Å². The maximum atomic E-state index is 12.1. The van der Waals surface area contributed by atoms with E-state index in [1.54, 1.807) is 4.90 Å². The highest BCUT2D eigenvalue weighted by atomic mass is 79.9. The Hall–Kier alpha value is -1.29. The Morgan fingerprint density at radius 3 is 2.65 bits per heavy atom. The van der Waals surface area contributed by atoms with Crippen LogP contribution in [-0.4, -0.2) is 28.9 Å². The quantitative estimate of drug-likeness (QED) is 0.925. The zero-order valence-corrected chi connectivity index (χ0v) is 11.5. The summed E-state index contributed by atoms with van der Waals surface area (Å²) in [6.45, 7) is 5.43. The van der Waals surface area contributed by atoms with Crippen molar-refractivity contribution in [3.8, 4) is 0 Å². The molecule has 1 aromatic heterocycles. The van der Waals surface area contributed by atoms with Crippen molar-refractivity contribution in [1.29, 1.82) is 0 Å². The summed E-state index contributed by atoms with van der Waals surface area (Å²) in [5.41, 5.74) is 1.64. The van der Waals surface area contributed by atoms with Crippen LogP contribution in [-0.2, 0) is 0 Å². The van der Waals surface area contributed by atoms with E-state index in [-0.39, 0.29) is 5.91 Å². The normalized spacial score (nSPS) is 10.8. The van der Waals surface area contributed by atoms with Crippen LogP contribution in [0.15, 0.2) is 28.7 Å². The summed E-state index contributed by atoms with van der Waals surface area (Å²) in [6.07, 6.45) is 0. The van der Waals surface area contributed by atoms with Crippen molar-refractivity contribution in [1.82, 2.24) is 9.88 Å². The van der Waals surface area contributed by atoms with Crippen LogP contribution in [0.5, 0.6) is 0 Å². The van der Waals surface area contributed by atoms with E-state index < -0.39 is 0 Å². The number of fused-ring (bicyclic) bond motifs is 1. The summed E-state index contributed by atoms with van der Waals surface area (Å²) >= 11 is 3.43. The molecule has 2 rings (SSSR count). The second-order valence-electron chi connectivity index (χ2n) is 3.89. The Morgan fingerprint density at radius 1 is 1.29 bits per heavy atom. The van der Waals surface area contributed by atoms with Gasteiger partial charge in [0.05, 0.1) is 0 Å². The minimum atomic E-state index is 0.0577. The van der Waals surface area contributed by atoms with E-state index in [9.17, 15) is 4.79 Å². The molecule has 0 saturated carbocycles. The van der Waals surface area contributed by atoms with Crippen LogP contribution < -0.4 is 0 Å². The molecule has 1 heterocycles. The van der Waals surface area contributed by atoms with E-state index in [1.165, 1.54) is 0 Å². The highest BCUT2D eigenvalue weighted by Crippen LogP contribution is 2.21. The minimum Gasteiger partial charge on any atom is -0.351 e. The minimum absolute atomic E-state index is 0.0577. The van der Waals surface area contributed by atoms with Crippen molar-refractivity contribution >= 4 is 32.7 Å².